The van der Waals surface area contributed by atoms with Gasteiger partial charge < -0.3 is 13.8 Å². The summed E-state index contributed by atoms with van der Waals surface area (Å²) < 4.78 is 25.9. The number of nitrogens with zero attached hydrogens (tertiary/aromatic N) is 3. The van der Waals surface area contributed by atoms with E-state index in [1.807, 2.05) is 17.6 Å². The van der Waals surface area contributed by atoms with E-state index in [-0.39, 0.29) is 11.6 Å². The van der Waals surface area contributed by atoms with Crippen molar-refractivity contribution in [1.82, 2.24) is 14.7 Å². The zero-order valence-electron chi connectivity index (χ0n) is 11.6. The number of halogens is 2. The molecule has 0 bridgehead atoms. The third-order valence-electron chi connectivity index (χ3n) is 3.21. The molecule has 2 aromatic heterocycles. The van der Waals surface area contributed by atoms with Gasteiger partial charge in [-0.3, -0.25) is 0 Å². The number of hydrogen-bond donors (Lipinski definition) is 0. The Bertz CT molecular complexity index is 797. The second-order valence-corrected chi connectivity index (χ2v) is 4.93. The summed E-state index contributed by atoms with van der Waals surface area (Å²) in [6, 6.07) is 4.79. The van der Waals surface area contributed by atoms with Crippen molar-refractivity contribution >= 4 is 22.6 Å². The molecule has 7 heteroatoms. The van der Waals surface area contributed by atoms with Gasteiger partial charge in [0.1, 0.15) is 5.82 Å². The first kappa shape index (κ1) is 13.9. The first-order chi connectivity index (χ1) is 10.1. The molecule has 0 unspecified atom stereocenters. The van der Waals surface area contributed by atoms with E-state index < -0.39 is 5.82 Å². The van der Waals surface area contributed by atoms with Crippen molar-refractivity contribution in [2.75, 3.05) is 7.11 Å². The largest absolute Gasteiger partial charge is 0.494 e. The summed E-state index contributed by atoms with van der Waals surface area (Å²) in [6.07, 6.45) is 0. The molecular weight excluding hydrogens is 297 g/mol. The molecule has 0 N–H and O–H groups in total. The first-order valence-corrected chi connectivity index (χ1v) is 6.86. The van der Waals surface area contributed by atoms with Gasteiger partial charge in [0.25, 0.3) is 0 Å². The van der Waals surface area contributed by atoms with E-state index in [4.69, 9.17) is 20.9 Å². The minimum Gasteiger partial charge on any atom is -0.494 e. The second-order valence-electron chi connectivity index (χ2n) is 4.66. The average Bonchev–Trinajstić information content (AvgIpc) is 3.02. The second kappa shape index (κ2) is 5.37. The maximum Gasteiger partial charge on any atom is 0.167 e. The molecule has 0 atom stereocenters. The lowest BCUT2D eigenvalue weighted by Gasteiger charge is -2.06. The van der Waals surface area contributed by atoms with E-state index in [1.54, 1.807) is 6.07 Å². The molecule has 0 radical (unpaired) electrons. The summed E-state index contributed by atoms with van der Waals surface area (Å²) in [4.78, 5) is 4.34. The van der Waals surface area contributed by atoms with Crippen molar-refractivity contribution in [2.45, 2.75) is 19.3 Å². The van der Waals surface area contributed by atoms with Gasteiger partial charge in [0, 0.05) is 18.2 Å². The number of hydrogen-bond acceptors (Lipinski definition) is 4. The molecule has 0 saturated heterocycles. The zero-order chi connectivity index (χ0) is 15.0. The van der Waals surface area contributed by atoms with Gasteiger partial charge in [-0.05, 0) is 6.92 Å². The number of benzene rings is 1. The summed E-state index contributed by atoms with van der Waals surface area (Å²) >= 11 is 5.93. The van der Waals surface area contributed by atoms with E-state index in [1.165, 1.54) is 13.2 Å². The predicted molar refractivity (Wildman–Crippen MR) is 76.1 cm³/mol. The molecule has 0 amide bonds. The van der Waals surface area contributed by atoms with E-state index in [2.05, 4.69) is 10.1 Å². The van der Waals surface area contributed by atoms with Crippen LogP contribution in [-0.4, -0.2) is 21.8 Å². The van der Waals surface area contributed by atoms with Gasteiger partial charge in [0.05, 0.1) is 36.3 Å². The SMILES string of the molecule is COc1cc2c(cc1F)nc(CCl)n2Cc1cc(C)no1. The van der Waals surface area contributed by atoms with Crippen LogP contribution in [0.25, 0.3) is 11.0 Å². The quantitative estimate of drug-likeness (QED) is 0.694. The van der Waals surface area contributed by atoms with Gasteiger partial charge in [0.15, 0.2) is 17.3 Å². The molecule has 0 aliphatic carbocycles. The van der Waals surface area contributed by atoms with Gasteiger partial charge >= 0.3 is 0 Å². The van der Waals surface area contributed by atoms with Gasteiger partial charge in [-0.25, -0.2) is 9.37 Å². The van der Waals surface area contributed by atoms with Gasteiger partial charge in [-0.15, -0.1) is 11.6 Å². The monoisotopic (exact) mass is 309 g/mol. The van der Waals surface area contributed by atoms with Gasteiger partial charge in [0.2, 0.25) is 0 Å². The van der Waals surface area contributed by atoms with Crippen molar-refractivity contribution in [2.24, 2.45) is 0 Å². The molecular formula is C14H13ClFN3O2. The number of fused-ring (bicyclic) bond motifs is 1. The van der Waals surface area contributed by atoms with Crippen LogP contribution in [-0.2, 0) is 12.4 Å². The fourth-order valence-electron chi connectivity index (χ4n) is 2.26. The summed E-state index contributed by atoms with van der Waals surface area (Å²) in [5.41, 5.74) is 2.06. The Kier molecular flexibility index (Phi) is 3.55. The van der Waals surface area contributed by atoms with Crippen LogP contribution in [0.15, 0.2) is 22.7 Å². The molecule has 0 fully saturated rings. The highest BCUT2D eigenvalue weighted by molar-refractivity contribution is 6.16. The van der Waals surface area contributed by atoms with E-state index >= 15 is 0 Å². The van der Waals surface area contributed by atoms with E-state index in [0.717, 1.165) is 11.2 Å². The molecule has 5 nitrogen and oxygen atoms in total. The standard InChI is InChI=1S/C14H13ClFN3O2/c1-8-3-9(21-18-8)7-19-12-5-13(20-2)10(16)4-11(12)17-14(19)6-15/h3-5H,6-7H2,1-2H3. The minimum atomic E-state index is -0.453. The lowest BCUT2D eigenvalue weighted by molar-refractivity contribution is 0.372. The highest BCUT2D eigenvalue weighted by atomic mass is 35.5. The number of imidazole rings is 1. The van der Waals surface area contributed by atoms with Crippen molar-refractivity contribution in [1.29, 1.82) is 0 Å². The third kappa shape index (κ3) is 2.47. The van der Waals surface area contributed by atoms with Crippen LogP contribution in [0.1, 0.15) is 17.3 Å². The number of ether oxygens (including phenoxy) is 1. The molecule has 0 aliphatic rings. The van der Waals surface area contributed by atoms with Crippen LogP contribution in [0.4, 0.5) is 4.39 Å². The normalized spacial score (nSPS) is 11.2. The number of alkyl halides is 1. The van der Waals surface area contributed by atoms with Gasteiger partial charge in [-0.1, -0.05) is 5.16 Å². The van der Waals surface area contributed by atoms with Crippen molar-refractivity contribution in [3.05, 3.63) is 41.3 Å². The summed E-state index contributed by atoms with van der Waals surface area (Å²) in [6.45, 7) is 2.27. The van der Waals surface area contributed by atoms with Crippen LogP contribution < -0.4 is 4.74 Å². The molecule has 0 aliphatic heterocycles. The average molecular weight is 310 g/mol. The number of rotatable bonds is 4. The molecule has 0 spiro atoms. The number of methoxy groups -OCH3 is 1. The lowest BCUT2D eigenvalue weighted by Crippen LogP contribution is -2.03. The molecule has 2 heterocycles. The smallest absolute Gasteiger partial charge is 0.167 e. The Morgan fingerprint density at radius 2 is 2.19 bits per heavy atom. The highest BCUT2D eigenvalue weighted by Crippen LogP contribution is 2.26. The van der Waals surface area contributed by atoms with E-state index in [0.29, 0.717) is 23.6 Å². The molecule has 3 aromatic rings. The lowest BCUT2D eigenvalue weighted by atomic mass is 10.2. The Labute approximate surface area is 125 Å². The zero-order valence-corrected chi connectivity index (χ0v) is 12.3. The maximum atomic E-state index is 13.8. The third-order valence-corrected chi connectivity index (χ3v) is 3.45. The van der Waals surface area contributed by atoms with Crippen LogP contribution in [0.2, 0.25) is 0 Å². The molecule has 1 aromatic carbocycles. The predicted octanol–water partition coefficient (Wildman–Crippen LogP) is 3.27. The van der Waals surface area contributed by atoms with Crippen molar-refractivity contribution < 1.29 is 13.7 Å². The number of aryl methyl sites for hydroxylation is 1. The highest BCUT2D eigenvalue weighted by Gasteiger charge is 2.15. The summed E-state index contributed by atoms with van der Waals surface area (Å²) in [5.74, 6) is 1.24. The first-order valence-electron chi connectivity index (χ1n) is 6.33. The van der Waals surface area contributed by atoms with Crippen LogP contribution in [0.5, 0.6) is 5.75 Å². The Balaban J connectivity index is 2.14. The van der Waals surface area contributed by atoms with Crippen molar-refractivity contribution in [3.8, 4) is 5.75 Å². The summed E-state index contributed by atoms with van der Waals surface area (Å²) in [5, 5.41) is 3.85. The summed E-state index contributed by atoms with van der Waals surface area (Å²) in [7, 11) is 1.42. The fraction of sp³-hybridized carbons (Fsp3) is 0.286. The molecule has 21 heavy (non-hydrogen) atoms. The molecule has 3 rings (SSSR count). The number of aromatic nitrogens is 3. The fourth-order valence-corrected chi connectivity index (χ4v) is 2.46. The topological polar surface area (TPSA) is 53.1 Å². The van der Waals surface area contributed by atoms with Gasteiger partial charge in [-0.2, -0.15) is 0 Å². The molecule has 110 valence electrons. The van der Waals surface area contributed by atoms with Crippen LogP contribution >= 0.6 is 11.6 Å². The van der Waals surface area contributed by atoms with Crippen LogP contribution in [0.3, 0.4) is 0 Å². The van der Waals surface area contributed by atoms with E-state index in [9.17, 15) is 4.39 Å². The van der Waals surface area contributed by atoms with Crippen LogP contribution in [0, 0.1) is 12.7 Å². The minimum absolute atomic E-state index is 0.165. The van der Waals surface area contributed by atoms with Crippen molar-refractivity contribution in [3.63, 3.8) is 0 Å². The Hall–Kier alpha value is -2.08. The molecule has 0 saturated carbocycles. The Morgan fingerprint density at radius 3 is 2.81 bits per heavy atom. The maximum absolute atomic E-state index is 13.8. The Morgan fingerprint density at radius 1 is 1.38 bits per heavy atom.